The molecule has 0 spiro atoms. The lowest BCUT2D eigenvalue weighted by Crippen LogP contribution is -2.44. The number of rotatable bonds is 1. The lowest BCUT2D eigenvalue weighted by molar-refractivity contribution is 0.257. The molecule has 102 valence electrons. The minimum Gasteiger partial charge on any atom is -0.316 e. The molecule has 2 atom stereocenters. The van der Waals surface area contributed by atoms with Crippen molar-refractivity contribution in [2.45, 2.75) is 18.9 Å². The summed E-state index contributed by atoms with van der Waals surface area (Å²) in [6.45, 7) is 2.85. The molecule has 0 amide bonds. The van der Waals surface area contributed by atoms with Crippen LogP contribution in [0.25, 0.3) is 11.3 Å². The van der Waals surface area contributed by atoms with E-state index >= 15 is 0 Å². The van der Waals surface area contributed by atoms with E-state index in [-0.39, 0.29) is 5.56 Å². The molecule has 4 nitrogen and oxygen atoms in total. The minimum atomic E-state index is 0.111. The maximum absolute atomic E-state index is 12.4. The average molecular weight is 267 g/mol. The van der Waals surface area contributed by atoms with Crippen molar-refractivity contribution in [2.24, 2.45) is 5.92 Å². The van der Waals surface area contributed by atoms with Crippen LogP contribution >= 0.6 is 0 Å². The topological polar surface area (TPSA) is 46.9 Å². The molecule has 1 saturated heterocycles. The second kappa shape index (κ2) is 4.56. The number of nitrogens with zero attached hydrogens (tertiary/aromatic N) is 2. The Morgan fingerprint density at radius 3 is 3.05 bits per heavy atom. The van der Waals surface area contributed by atoms with Crippen LogP contribution in [0, 0.1) is 5.92 Å². The summed E-state index contributed by atoms with van der Waals surface area (Å²) in [5, 5.41) is 3.48. The standard InChI is InChI=1S/C16H17N3O/c20-16-7-12(14-3-1-2-4-18-14)6-15-13-5-11(8-17-9-13)10-19(15)16/h1-4,6-7,11,13,17H,5,8-10H2/t11?,13-/m0/s1. The number of piperidine rings is 1. The third-order valence-electron chi connectivity index (χ3n) is 4.42. The Hall–Kier alpha value is -1.94. The van der Waals surface area contributed by atoms with Crippen molar-refractivity contribution in [3.8, 4) is 11.3 Å². The number of aromatic nitrogens is 2. The molecule has 20 heavy (non-hydrogen) atoms. The summed E-state index contributed by atoms with van der Waals surface area (Å²) in [5.41, 5.74) is 3.09. The second-order valence-electron chi connectivity index (χ2n) is 5.79. The number of fused-ring (bicyclic) bond motifs is 4. The van der Waals surface area contributed by atoms with Crippen LogP contribution in [0.3, 0.4) is 0 Å². The van der Waals surface area contributed by atoms with Crippen molar-refractivity contribution in [1.82, 2.24) is 14.9 Å². The quantitative estimate of drug-likeness (QED) is 0.854. The molecule has 4 heteroatoms. The van der Waals surface area contributed by atoms with Gasteiger partial charge in [-0.25, -0.2) is 0 Å². The molecule has 1 unspecified atom stereocenters. The normalized spacial score (nSPS) is 24.2. The summed E-state index contributed by atoms with van der Waals surface area (Å²) < 4.78 is 1.96. The Labute approximate surface area is 117 Å². The lowest BCUT2D eigenvalue weighted by Gasteiger charge is -2.37. The summed E-state index contributed by atoms with van der Waals surface area (Å²) in [5.74, 6) is 1.05. The Morgan fingerprint density at radius 2 is 2.20 bits per heavy atom. The van der Waals surface area contributed by atoms with E-state index < -0.39 is 0 Å². The Bertz CT molecular complexity index is 693. The summed E-state index contributed by atoms with van der Waals surface area (Å²) in [4.78, 5) is 16.8. The van der Waals surface area contributed by atoms with E-state index in [1.54, 1.807) is 12.3 Å². The molecule has 0 aromatic carbocycles. The highest BCUT2D eigenvalue weighted by Crippen LogP contribution is 2.33. The van der Waals surface area contributed by atoms with Crippen LogP contribution in [0.5, 0.6) is 0 Å². The molecule has 4 heterocycles. The third kappa shape index (κ3) is 1.88. The third-order valence-corrected chi connectivity index (χ3v) is 4.42. The maximum Gasteiger partial charge on any atom is 0.251 e. The highest BCUT2D eigenvalue weighted by Gasteiger charge is 2.31. The summed E-state index contributed by atoms with van der Waals surface area (Å²) >= 11 is 0. The van der Waals surface area contributed by atoms with Gasteiger partial charge in [0.05, 0.1) is 5.69 Å². The molecule has 1 N–H and O–H groups in total. The van der Waals surface area contributed by atoms with Crippen molar-refractivity contribution < 1.29 is 0 Å². The van der Waals surface area contributed by atoms with Crippen molar-refractivity contribution in [3.05, 3.63) is 52.6 Å². The van der Waals surface area contributed by atoms with Gasteiger partial charge in [-0.3, -0.25) is 9.78 Å². The van der Waals surface area contributed by atoms with Crippen LogP contribution in [0.1, 0.15) is 18.0 Å². The molecule has 2 aromatic rings. The van der Waals surface area contributed by atoms with Gasteiger partial charge in [-0.1, -0.05) is 6.07 Å². The van der Waals surface area contributed by atoms with Crippen molar-refractivity contribution in [2.75, 3.05) is 13.1 Å². The lowest BCUT2D eigenvalue weighted by atomic mass is 9.83. The van der Waals surface area contributed by atoms with E-state index in [1.807, 2.05) is 22.8 Å². The van der Waals surface area contributed by atoms with Gasteiger partial charge in [-0.2, -0.15) is 0 Å². The van der Waals surface area contributed by atoms with Gasteiger partial charge < -0.3 is 9.88 Å². The first kappa shape index (κ1) is 11.9. The van der Waals surface area contributed by atoms with Gasteiger partial charge in [0.15, 0.2) is 0 Å². The minimum absolute atomic E-state index is 0.111. The molecular formula is C16H17N3O. The summed E-state index contributed by atoms with van der Waals surface area (Å²) in [7, 11) is 0. The zero-order chi connectivity index (χ0) is 13.5. The first-order chi connectivity index (χ1) is 9.81. The summed E-state index contributed by atoms with van der Waals surface area (Å²) in [6.07, 6.45) is 2.96. The van der Waals surface area contributed by atoms with Crippen molar-refractivity contribution >= 4 is 0 Å². The summed E-state index contributed by atoms with van der Waals surface area (Å²) in [6, 6.07) is 9.68. The van der Waals surface area contributed by atoms with Crippen LogP contribution in [0.2, 0.25) is 0 Å². The van der Waals surface area contributed by atoms with Gasteiger partial charge in [0, 0.05) is 42.5 Å². The highest BCUT2D eigenvalue weighted by atomic mass is 16.1. The average Bonchev–Trinajstić information content (AvgIpc) is 2.49. The van der Waals surface area contributed by atoms with Gasteiger partial charge in [-0.05, 0) is 37.1 Å². The fourth-order valence-electron chi connectivity index (χ4n) is 3.49. The number of nitrogens with one attached hydrogen (secondary N) is 1. The molecule has 0 saturated carbocycles. The van der Waals surface area contributed by atoms with Gasteiger partial charge in [0.2, 0.25) is 0 Å². The SMILES string of the molecule is O=c1cc(-c2ccccn2)cc2n1CC1CNC[C@@H]2C1. The highest BCUT2D eigenvalue weighted by molar-refractivity contribution is 5.59. The first-order valence-electron chi connectivity index (χ1n) is 7.18. The Kier molecular flexibility index (Phi) is 2.70. The monoisotopic (exact) mass is 267 g/mol. The van der Waals surface area contributed by atoms with Crippen LogP contribution in [0.15, 0.2) is 41.3 Å². The van der Waals surface area contributed by atoms with Gasteiger partial charge in [0.1, 0.15) is 0 Å². The molecule has 1 fully saturated rings. The molecular weight excluding hydrogens is 250 g/mol. The molecule has 4 rings (SSSR count). The largest absolute Gasteiger partial charge is 0.316 e. The van der Waals surface area contributed by atoms with E-state index in [9.17, 15) is 4.79 Å². The van der Waals surface area contributed by atoms with Crippen LogP contribution < -0.4 is 10.9 Å². The Morgan fingerprint density at radius 1 is 1.25 bits per heavy atom. The smallest absolute Gasteiger partial charge is 0.251 e. The molecule has 2 aromatic heterocycles. The predicted molar refractivity (Wildman–Crippen MR) is 77.7 cm³/mol. The molecule has 2 bridgehead atoms. The van der Waals surface area contributed by atoms with Crippen molar-refractivity contribution in [3.63, 3.8) is 0 Å². The van der Waals surface area contributed by atoms with E-state index in [1.165, 1.54) is 12.1 Å². The molecule has 0 radical (unpaired) electrons. The molecule has 2 aliphatic heterocycles. The molecule has 2 aliphatic rings. The maximum atomic E-state index is 12.4. The number of pyridine rings is 2. The second-order valence-corrected chi connectivity index (χ2v) is 5.79. The molecule has 0 aliphatic carbocycles. The van der Waals surface area contributed by atoms with Crippen molar-refractivity contribution in [1.29, 1.82) is 0 Å². The van der Waals surface area contributed by atoms with E-state index in [0.29, 0.717) is 11.8 Å². The van der Waals surface area contributed by atoms with E-state index in [0.717, 1.165) is 30.9 Å². The Balaban J connectivity index is 1.86. The van der Waals surface area contributed by atoms with Crippen LogP contribution in [-0.2, 0) is 6.54 Å². The zero-order valence-electron chi connectivity index (χ0n) is 11.2. The van der Waals surface area contributed by atoms with Crippen LogP contribution in [0.4, 0.5) is 0 Å². The fraction of sp³-hybridized carbons (Fsp3) is 0.375. The predicted octanol–water partition coefficient (Wildman–Crippen LogP) is 1.62. The first-order valence-corrected chi connectivity index (χ1v) is 7.18. The van der Waals surface area contributed by atoms with E-state index in [2.05, 4.69) is 16.4 Å². The van der Waals surface area contributed by atoms with Gasteiger partial charge in [0.25, 0.3) is 5.56 Å². The van der Waals surface area contributed by atoms with Crippen LogP contribution in [-0.4, -0.2) is 22.6 Å². The number of hydrogen-bond donors (Lipinski definition) is 1. The fourth-order valence-corrected chi connectivity index (χ4v) is 3.49. The zero-order valence-corrected chi connectivity index (χ0v) is 11.2. The van der Waals surface area contributed by atoms with E-state index in [4.69, 9.17) is 0 Å². The van der Waals surface area contributed by atoms with Gasteiger partial charge >= 0.3 is 0 Å². The number of hydrogen-bond acceptors (Lipinski definition) is 3. The van der Waals surface area contributed by atoms with Gasteiger partial charge in [-0.15, -0.1) is 0 Å².